The molecule has 7 nitrogen and oxygen atoms in total. The Balaban J connectivity index is 1.24. The summed E-state index contributed by atoms with van der Waals surface area (Å²) >= 11 is 0. The van der Waals surface area contributed by atoms with E-state index in [0.29, 0.717) is 11.8 Å². The number of anilines is 1. The maximum Gasteiger partial charge on any atom is 0.0967 e. The second kappa shape index (κ2) is 9.01. The highest BCUT2D eigenvalue weighted by molar-refractivity contribution is 5.46. The van der Waals surface area contributed by atoms with Crippen molar-refractivity contribution < 1.29 is 0 Å². The molecule has 0 spiro atoms. The molecule has 2 aromatic heterocycles. The van der Waals surface area contributed by atoms with Crippen molar-refractivity contribution in [1.82, 2.24) is 24.9 Å². The minimum Gasteiger partial charge on any atom is -0.371 e. The quantitative estimate of drug-likeness (QED) is 0.823. The molecule has 0 bridgehead atoms. The molecule has 2 aliphatic rings. The van der Waals surface area contributed by atoms with E-state index in [-0.39, 0.29) is 0 Å². The Bertz CT molecular complexity index is 743. The van der Waals surface area contributed by atoms with Gasteiger partial charge in [0.25, 0.3) is 0 Å². The first-order valence-corrected chi connectivity index (χ1v) is 10.7. The van der Waals surface area contributed by atoms with E-state index in [4.69, 9.17) is 5.73 Å². The van der Waals surface area contributed by atoms with Crippen molar-refractivity contribution in [1.29, 1.82) is 0 Å². The lowest BCUT2D eigenvalue weighted by atomic mass is 9.96. The van der Waals surface area contributed by atoms with Gasteiger partial charge in [-0.05, 0) is 76.2 Å². The third-order valence-electron chi connectivity index (χ3n) is 6.32. The van der Waals surface area contributed by atoms with Crippen LogP contribution in [0.1, 0.15) is 37.1 Å². The monoisotopic (exact) mass is 383 g/mol. The van der Waals surface area contributed by atoms with Crippen LogP contribution in [-0.4, -0.2) is 57.6 Å². The number of rotatable bonds is 6. The largest absolute Gasteiger partial charge is 0.371 e. The maximum atomic E-state index is 5.79. The van der Waals surface area contributed by atoms with Gasteiger partial charge < -0.3 is 10.6 Å². The zero-order chi connectivity index (χ0) is 19.3. The van der Waals surface area contributed by atoms with Crippen molar-refractivity contribution in [2.75, 3.05) is 37.6 Å². The maximum absolute atomic E-state index is 5.79. The van der Waals surface area contributed by atoms with E-state index in [1.165, 1.54) is 31.4 Å². The van der Waals surface area contributed by atoms with Crippen LogP contribution in [0.15, 0.2) is 24.5 Å². The summed E-state index contributed by atoms with van der Waals surface area (Å²) in [5, 5.41) is 8.81. The molecule has 0 aromatic carbocycles. The van der Waals surface area contributed by atoms with Crippen molar-refractivity contribution in [2.45, 2.75) is 45.7 Å². The van der Waals surface area contributed by atoms with Crippen LogP contribution in [0.5, 0.6) is 0 Å². The molecule has 0 atom stereocenters. The second-order valence-electron chi connectivity index (χ2n) is 8.47. The molecule has 2 fully saturated rings. The molecule has 0 unspecified atom stereocenters. The molecule has 4 heterocycles. The van der Waals surface area contributed by atoms with Crippen molar-refractivity contribution >= 4 is 5.69 Å². The molecule has 2 N–H and O–H groups in total. The molecular formula is C21H33N7. The molecule has 2 saturated heterocycles. The first kappa shape index (κ1) is 19.3. The summed E-state index contributed by atoms with van der Waals surface area (Å²) in [5.74, 6) is 1.38. The lowest BCUT2D eigenvalue weighted by Gasteiger charge is -2.33. The molecule has 2 aliphatic heterocycles. The van der Waals surface area contributed by atoms with E-state index in [1.807, 2.05) is 6.20 Å². The van der Waals surface area contributed by atoms with Crippen molar-refractivity contribution in [2.24, 2.45) is 17.6 Å². The summed E-state index contributed by atoms with van der Waals surface area (Å²) in [6.07, 6.45) is 8.87. The Morgan fingerprint density at radius 3 is 2.54 bits per heavy atom. The number of likely N-dealkylation sites (tertiary alicyclic amines) is 1. The van der Waals surface area contributed by atoms with Gasteiger partial charge in [-0.25, -0.2) is 0 Å². The predicted octanol–water partition coefficient (Wildman–Crippen LogP) is 2.07. The number of nitrogens with two attached hydrogens (primary N) is 1. The summed E-state index contributed by atoms with van der Waals surface area (Å²) in [5.41, 5.74) is 9.27. The van der Waals surface area contributed by atoms with E-state index in [1.54, 1.807) is 0 Å². The minimum atomic E-state index is 0.675. The van der Waals surface area contributed by atoms with E-state index < -0.39 is 0 Å². The average molecular weight is 384 g/mol. The van der Waals surface area contributed by atoms with Crippen LogP contribution in [0.3, 0.4) is 0 Å². The average Bonchev–Trinajstić information content (AvgIpc) is 3.16. The van der Waals surface area contributed by atoms with E-state index in [0.717, 1.165) is 57.2 Å². The van der Waals surface area contributed by atoms with Crippen LogP contribution in [0.2, 0.25) is 0 Å². The van der Waals surface area contributed by atoms with Crippen LogP contribution < -0.4 is 10.6 Å². The summed E-state index contributed by atoms with van der Waals surface area (Å²) in [7, 11) is 0. The normalized spacial score (nSPS) is 20.0. The third kappa shape index (κ3) is 4.89. The first-order chi connectivity index (χ1) is 13.7. The van der Waals surface area contributed by atoms with E-state index in [9.17, 15) is 0 Å². The van der Waals surface area contributed by atoms with Crippen molar-refractivity contribution in [3.63, 3.8) is 0 Å². The molecule has 0 aliphatic carbocycles. The van der Waals surface area contributed by atoms with Crippen LogP contribution in [-0.2, 0) is 13.1 Å². The minimum absolute atomic E-state index is 0.675. The Labute approximate surface area is 167 Å². The number of hydrogen-bond donors (Lipinski definition) is 1. The van der Waals surface area contributed by atoms with Gasteiger partial charge in [0.05, 0.1) is 5.69 Å². The Morgan fingerprint density at radius 1 is 1.07 bits per heavy atom. The van der Waals surface area contributed by atoms with Gasteiger partial charge in [-0.1, -0.05) is 5.21 Å². The second-order valence-corrected chi connectivity index (χ2v) is 8.47. The molecule has 4 rings (SSSR count). The highest BCUT2D eigenvalue weighted by Crippen LogP contribution is 2.24. The van der Waals surface area contributed by atoms with Crippen LogP contribution in [0, 0.1) is 18.8 Å². The Hall–Kier alpha value is -1.99. The molecule has 28 heavy (non-hydrogen) atoms. The van der Waals surface area contributed by atoms with Crippen LogP contribution in [0.25, 0.3) is 0 Å². The molecule has 2 aromatic rings. The van der Waals surface area contributed by atoms with Gasteiger partial charge in [0.2, 0.25) is 0 Å². The van der Waals surface area contributed by atoms with E-state index in [2.05, 4.69) is 55.0 Å². The van der Waals surface area contributed by atoms with Gasteiger partial charge in [0, 0.05) is 50.0 Å². The molecule has 0 saturated carbocycles. The van der Waals surface area contributed by atoms with Gasteiger partial charge >= 0.3 is 0 Å². The van der Waals surface area contributed by atoms with Gasteiger partial charge in [-0.2, -0.15) is 0 Å². The lowest BCUT2D eigenvalue weighted by Crippen LogP contribution is -2.35. The fraction of sp³-hybridized carbons (Fsp3) is 0.667. The number of aromatic nitrogens is 4. The Morgan fingerprint density at radius 2 is 1.82 bits per heavy atom. The number of nitrogens with zero attached hydrogens (tertiary/aromatic N) is 6. The fourth-order valence-electron chi connectivity index (χ4n) is 4.48. The first-order valence-electron chi connectivity index (χ1n) is 10.7. The molecule has 7 heteroatoms. The summed E-state index contributed by atoms with van der Waals surface area (Å²) < 4.78 is 2.05. The zero-order valence-electron chi connectivity index (χ0n) is 17.0. The highest BCUT2D eigenvalue weighted by atomic mass is 15.4. The third-order valence-corrected chi connectivity index (χ3v) is 6.32. The zero-order valence-corrected chi connectivity index (χ0v) is 17.0. The van der Waals surface area contributed by atoms with Crippen molar-refractivity contribution in [3.05, 3.63) is 35.9 Å². The summed E-state index contributed by atoms with van der Waals surface area (Å²) in [6, 6.07) is 4.30. The topological polar surface area (TPSA) is 76.1 Å². The number of pyridine rings is 1. The number of piperidine rings is 2. The molecule has 152 valence electrons. The molecule has 0 amide bonds. The summed E-state index contributed by atoms with van der Waals surface area (Å²) in [4.78, 5) is 9.26. The standard InChI is InChI=1S/C21H33N7/c1-17-12-21(2-7-23-17)27-10-5-19(6-11-27)14-28-16-20(24-25-28)15-26-8-3-18(13-22)4-9-26/h2,7,12,16,18-19H,3-6,8-11,13-15,22H2,1H3. The van der Waals surface area contributed by atoms with Crippen LogP contribution >= 0.6 is 0 Å². The Kier molecular flexibility index (Phi) is 6.22. The highest BCUT2D eigenvalue weighted by Gasteiger charge is 2.22. The van der Waals surface area contributed by atoms with Crippen LogP contribution in [0.4, 0.5) is 5.69 Å². The van der Waals surface area contributed by atoms with Gasteiger partial charge in [0.15, 0.2) is 0 Å². The lowest BCUT2D eigenvalue weighted by molar-refractivity contribution is 0.178. The number of aryl methyl sites for hydroxylation is 1. The fourth-order valence-corrected chi connectivity index (χ4v) is 4.48. The van der Waals surface area contributed by atoms with E-state index >= 15 is 0 Å². The predicted molar refractivity (Wildman–Crippen MR) is 111 cm³/mol. The smallest absolute Gasteiger partial charge is 0.0967 e. The molecular weight excluding hydrogens is 350 g/mol. The van der Waals surface area contributed by atoms with Gasteiger partial charge in [-0.3, -0.25) is 14.6 Å². The van der Waals surface area contributed by atoms with Gasteiger partial charge in [-0.15, -0.1) is 5.10 Å². The number of hydrogen-bond acceptors (Lipinski definition) is 6. The van der Waals surface area contributed by atoms with Crippen molar-refractivity contribution in [3.8, 4) is 0 Å². The van der Waals surface area contributed by atoms with Gasteiger partial charge in [0.1, 0.15) is 0 Å². The SMILES string of the molecule is Cc1cc(N2CCC(Cn3cc(CN4CCC(CN)CC4)nn3)CC2)ccn1. The summed E-state index contributed by atoms with van der Waals surface area (Å²) in [6.45, 7) is 9.23. The molecule has 0 radical (unpaired) electrons.